The Bertz CT molecular complexity index is 441. The number of carbonyl (C=O) groups is 1. The predicted molar refractivity (Wildman–Crippen MR) is 63.7 cm³/mol. The second kappa shape index (κ2) is 3.84. The van der Waals surface area contributed by atoms with Crippen molar-refractivity contribution in [1.29, 1.82) is 0 Å². The van der Waals surface area contributed by atoms with Crippen molar-refractivity contribution in [3.8, 4) is 0 Å². The first kappa shape index (κ1) is 10.8. The van der Waals surface area contributed by atoms with Crippen LogP contribution in [-0.4, -0.2) is 46.2 Å². The van der Waals surface area contributed by atoms with Crippen LogP contribution in [0.4, 0.5) is 0 Å². The number of aryl methyl sites for hydroxylation is 1. The molecule has 3 unspecified atom stereocenters. The molecular formula is C12H18N4O. The van der Waals surface area contributed by atoms with E-state index < -0.39 is 0 Å². The predicted octanol–water partition coefficient (Wildman–Crippen LogP) is 0.541. The lowest BCUT2D eigenvalue weighted by Gasteiger charge is -2.26. The van der Waals surface area contributed by atoms with Gasteiger partial charge < -0.3 is 10.2 Å². The van der Waals surface area contributed by atoms with Gasteiger partial charge >= 0.3 is 0 Å². The molecule has 2 aliphatic rings. The number of H-pyrrole nitrogens is 1. The van der Waals surface area contributed by atoms with Crippen LogP contribution in [0.15, 0.2) is 6.07 Å². The molecular weight excluding hydrogens is 216 g/mol. The maximum absolute atomic E-state index is 12.4. The molecule has 2 aliphatic heterocycles. The third-order valence-electron chi connectivity index (χ3n) is 3.94. The van der Waals surface area contributed by atoms with Crippen LogP contribution in [0.1, 0.15) is 29.5 Å². The number of aromatic nitrogens is 2. The van der Waals surface area contributed by atoms with Crippen LogP contribution in [0.2, 0.25) is 0 Å². The largest absolute Gasteiger partial charge is 0.330 e. The van der Waals surface area contributed by atoms with Gasteiger partial charge in [-0.3, -0.25) is 9.89 Å². The van der Waals surface area contributed by atoms with Gasteiger partial charge in [0.1, 0.15) is 5.69 Å². The van der Waals surface area contributed by atoms with E-state index >= 15 is 0 Å². The summed E-state index contributed by atoms with van der Waals surface area (Å²) in [5.74, 6) is 0.687. The van der Waals surface area contributed by atoms with Crippen LogP contribution in [0.5, 0.6) is 0 Å². The zero-order chi connectivity index (χ0) is 12.0. The van der Waals surface area contributed by atoms with Crippen LogP contribution < -0.4 is 5.32 Å². The monoisotopic (exact) mass is 234 g/mol. The third-order valence-corrected chi connectivity index (χ3v) is 3.94. The highest BCUT2D eigenvalue weighted by Crippen LogP contribution is 2.33. The summed E-state index contributed by atoms with van der Waals surface area (Å²) in [7, 11) is 0. The number of rotatable bonds is 1. The molecule has 92 valence electrons. The zero-order valence-electron chi connectivity index (χ0n) is 10.2. The average molecular weight is 234 g/mol. The number of hydrogen-bond acceptors (Lipinski definition) is 3. The van der Waals surface area contributed by atoms with Crippen molar-refractivity contribution < 1.29 is 4.79 Å². The molecule has 2 fully saturated rings. The fraction of sp³-hybridized carbons (Fsp3) is 0.667. The summed E-state index contributed by atoms with van der Waals surface area (Å²) >= 11 is 0. The molecule has 3 rings (SSSR count). The van der Waals surface area contributed by atoms with Crippen LogP contribution in [-0.2, 0) is 0 Å². The lowest BCUT2D eigenvalue weighted by molar-refractivity contribution is 0.0676. The molecule has 0 bridgehead atoms. The van der Waals surface area contributed by atoms with E-state index in [1.807, 2.05) is 17.9 Å². The molecule has 0 saturated carbocycles. The van der Waals surface area contributed by atoms with Gasteiger partial charge in [-0.1, -0.05) is 0 Å². The molecule has 0 aromatic carbocycles. The molecule has 1 aromatic rings. The van der Waals surface area contributed by atoms with E-state index in [2.05, 4.69) is 22.4 Å². The number of likely N-dealkylation sites (tertiary alicyclic amines) is 1. The normalized spacial score (nSPS) is 31.9. The Morgan fingerprint density at radius 1 is 1.53 bits per heavy atom. The van der Waals surface area contributed by atoms with E-state index in [9.17, 15) is 4.79 Å². The molecule has 5 heteroatoms. The molecule has 5 nitrogen and oxygen atoms in total. The van der Waals surface area contributed by atoms with Gasteiger partial charge in [-0.2, -0.15) is 5.10 Å². The maximum Gasteiger partial charge on any atom is 0.274 e. The van der Waals surface area contributed by atoms with E-state index in [-0.39, 0.29) is 5.91 Å². The summed E-state index contributed by atoms with van der Waals surface area (Å²) in [4.78, 5) is 14.4. The summed E-state index contributed by atoms with van der Waals surface area (Å²) in [6.45, 7) is 6.01. The van der Waals surface area contributed by atoms with Crippen molar-refractivity contribution in [2.45, 2.75) is 32.4 Å². The second-order valence-electron chi connectivity index (χ2n) is 5.22. The first-order valence-corrected chi connectivity index (χ1v) is 6.22. The van der Waals surface area contributed by atoms with E-state index in [0.29, 0.717) is 23.7 Å². The van der Waals surface area contributed by atoms with Gasteiger partial charge in [0.15, 0.2) is 0 Å². The average Bonchev–Trinajstić information content (AvgIpc) is 2.92. The highest BCUT2D eigenvalue weighted by molar-refractivity contribution is 5.93. The highest BCUT2D eigenvalue weighted by Gasteiger charge is 2.44. The summed E-state index contributed by atoms with van der Waals surface area (Å²) < 4.78 is 0. The minimum atomic E-state index is 0.0676. The number of fused-ring (bicyclic) bond motifs is 1. The van der Waals surface area contributed by atoms with E-state index in [1.165, 1.54) is 0 Å². The lowest BCUT2D eigenvalue weighted by Crippen LogP contribution is -2.42. The van der Waals surface area contributed by atoms with Crippen molar-refractivity contribution in [3.63, 3.8) is 0 Å². The summed E-state index contributed by atoms with van der Waals surface area (Å²) in [6, 6.07) is 2.51. The molecule has 0 aliphatic carbocycles. The van der Waals surface area contributed by atoms with Crippen molar-refractivity contribution >= 4 is 5.91 Å². The quantitative estimate of drug-likeness (QED) is 0.745. The maximum atomic E-state index is 12.4. The first-order chi connectivity index (χ1) is 8.16. The molecule has 2 saturated heterocycles. The lowest BCUT2D eigenvalue weighted by atomic mass is 10.0. The molecule has 1 aromatic heterocycles. The molecule has 0 radical (unpaired) electrons. The van der Waals surface area contributed by atoms with Gasteiger partial charge in [0.25, 0.3) is 5.91 Å². The van der Waals surface area contributed by atoms with Gasteiger partial charge in [-0.05, 0) is 32.3 Å². The van der Waals surface area contributed by atoms with Crippen LogP contribution in [0, 0.1) is 12.8 Å². The van der Waals surface area contributed by atoms with Gasteiger partial charge in [0.2, 0.25) is 0 Å². The minimum Gasteiger partial charge on any atom is -0.330 e. The fourth-order valence-electron chi connectivity index (χ4n) is 3.17. The number of hydrogen-bond donors (Lipinski definition) is 2. The Hall–Kier alpha value is -1.36. The third kappa shape index (κ3) is 1.65. The number of nitrogens with zero attached hydrogens (tertiary/aromatic N) is 2. The number of aromatic amines is 1. The van der Waals surface area contributed by atoms with Crippen molar-refractivity contribution in [2.75, 3.05) is 13.1 Å². The number of amides is 1. The molecule has 3 atom stereocenters. The van der Waals surface area contributed by atoms with Crippen LogP contribution in [0.25, 0.3) is 0 Å². The van der Waals surface area contributed by atoms with Gasteiger partial charge in [-0.15, -0.1) is 0 Å². The smallest absolute Gasteiger partial charge is 0.274 e. The SMILES string of the molecule is Cc1cc(C(=O)N2C(C)CC3CNCC32)n[nH]1. The number of nitrogens with one attached hydrogen (secondary N) is 2. The van der Waals surface area contributed by atoms with Crippen molar-refractivity contribution in [2.24, 2.45) is 5.92 Å². The summed E-state index contributed by atoms with van der Waals surface area (Å²) in [5, 5.41) is 10.3. The standard InChI is InChI=1S/C12H18N4O/c1-7-3-10(15-14-7)12(17)16-8(2)4-9-5-13-6-11(9)16/h3,8-9,11,13H,4-6H2,1-2H3,(H,14,15). The van der Waals surface area contributed by atoms with E-state index in [4.69, 9.17) is 0 Å². The Labute approximate surface area is 101 Å². The Kier molecular flexibility index (Phi) is 2.43. The molecule has 0 spiro atoms. The van der Waals surface area contributed by atoms with E-state index in [1.54, 1.807) is 0 Å². The first-order valence-electron chi connectivity index (χ1n) is 6.22. The summed E-state index contributed by atoms with van der Waals surface area (Å²) in [6.07, 6.45) is 1.10. The highest BCUT2D eigenvalue weighted by atomic mass is 16.2. The Morgan fingerprint density at radius 3 is 3.06 bits per heavy atom. The summed E-state index contributed by atoms with van der Waals surface area (Å²) in [5.41, 5.74) is 1.48. The van der Waals surface area contributed by atoms with Crippen LogP contribution >= 0.6 is 0 Å². The minimum absolute atomic E-state index is 0.0676. The van der Waals surface area contributed by atoms with Crippen LogP contribution in [0.3, 0.4) is 0 Å². The fourth-order valence-corrected chi connectivity index (χ4v) is 3.17. The molecule has 2 N–H and O–H groups in total. The molecule has 1 amide bonds. The topological polar surface area (TPSA) is 61.0 Å². The van der Waals surface area contributed by atoms with E-state index in [0.717, 1.165) is 25.2 Å². The molecule has 17 heavy (non-hydrogen) atoms. The van der Waals surface area contributed by atoms with Gasteiger partial charge in [0, 0.05) is 30.9 Å². The van der Waals surface area contributed by atoms with Gasteiger partial charge in [0.05, 0.1) is 0 Å². The van der Waals surface area contributed by atoms with Crippen molar-refractivity contribution in [3.05, 3.63) is 17.5 Å². The Morgan fingerprint density at radius 2 is 2.35 bits per heavy atom. The number of carbonyl (C=O) groups excluding carboxylic acids is 1. The Balaban J connectivity index is 1.85. The van der Waals surface area contributed by atoms with Crippen molar-refractivity contribution in [1.82, 2.24) is 20.4 Å². The van der Waals surface area contributed by atoms with Gasteiger partial charge in [-0.25, -0.2) is 0 Å². The molecule has 3 heterocycles. The zero-order valence-corrected chi connectivity index (χ0v) is 10.2. The second-order valence-corrected chi connectivity index (χ2v) is 5.22.